The smallest absolute Gasteiger partial charge is 0.220 e. The Kier molecular flexibility index (Phi) is 2.92. The van der Waals surface area contributed by atoms with Gasteiger partial charge in [0.15, 0.2) is 0 Å². The van der Waals surface area contributed by atoms with Crippen LogP contribution >= 0.6 is 0 Å². The zero-order chi connectivity index (χ0) is 6.57. The van der Waals surface area contributed by atoms with Gasteiger partial charge >= 0.3 is 0 Å². The van der Waals surface area contributed by atoms with E-state index in [2.05, 4.69) is 5.32 Å². The predicted octanol–water partition coefficient (Wildman–Crippen LogP) is 1.05. The molecule has 0 aliphatic heterocycles. The van der Waals surface area contributed by atoms with Gasteiger partial charge in [-0.25, -0.2) is 0 Å². The summed E-state index contributed by atoms with van der Waals surface area (Å²) in [6.07, 6.45) is 1.68. The molecule has 2 nitrogen and oxygen atoms in total. The molecule has 0 heterocycles. The Morgan fingerprint density at radius 3 is 2.00 bits per heavy atom. The second-order valence-electron chi connectivity index (χ2n) is 1.92. The van der Waals surface area contributed by atoms with Crippen LogP contribution < -0.4 is 5.32 Å². The van der Waals surface area contributed by atoms with Crippen LogP contribution in [-0.2, 0) is 4.79 Å². The van der Waals surface area contributed by atoms with Crippen LogP contribution in [0.15, 0.2) is 11.8 Å². The van der Waals surface area contributed by atoms with Crippen molar-refractivity contribution in [1.82, 2.24) is 5.32 Å². The van der Waals surface area contributed by atoms with Crippen LogP contribution in [0.4, 0.5) is 0 Å². The largest absolute Gasteiger partial charge is 0.333 e. The maximum Gasteiger partial charge on any atom is 0.220 e. The highest BCUT2D eigenvalue weighted by molar-refractivity contribution is 5.73. The number of hydrogen-bond donors (Lipinski definition) is 1. The van der Waals surface area contributed by atoms with Crippen LogP contribution in [-0.4, -0.2) is 5.91 Å². The molecule has 0 spiro atoms. The van der Waals surface area contributed by atoms with Crippen LogP contribution in [0.1, 0.15) is 20.8 Å². The second-order valence-corrected chi connectivity index (χ2v) is 1.92. The Labute approximate surface area is 49.6 Å². The molecule has 2 heteroatoms. The molecule has 0 aromatic rings. The van der Waals surface area contributed by atoms with Gasteiger partial charge in [-0.3, -0.25) is 4.79 Å². The number of carbonyl (C=O) groups is 1. The molecule has 0 bridgehead atoms. The Bertz CT molecular complexity index is 112. The molecular formula is C6H11NO. The van der Waals surface area contributed by atoms with Crippen molar-refractivity contribution >= 4 is 5.91 Å². The summed E-state index contributed by atoms with van der Waals surface area (Å²) < 4.78 is 0. The van der Waals surface area contributed by atoms with Gasteiger partial charge in [-0.2, -0.15) is 0 Å². The minimum Gasteiger partial charge on any atom is -0.333 e. The van der Waals surface area contributed by atoms with E-state index in [9.17, 15) is 4.79 Å². The Morgan fingerprint density at radius 1 is 1.38 bits per heavy atom. The van der Waals surface area contributed by atoms with Crippen molar-refractivity contribution in [2.75, 3.05) is 0 Å². The van der Waals surface area contributed by atoms with Crippen molar-refractivity contribution in [2.45, 2.75) is 20.8 Å². The summed E-state index contributed by atoms with van der Waals surface area (Å²) >= 11 is 0. The Balaban J connectivity index is 3.45. The molecule has 1 amide bonds. The Hall–Kier alpha value is -0.790. The molecule has 0 aromatic heterocycles. The minimum atomic E-state index is -0.0220. The van der Waals surface area contributed by atoms with E-state index in [0.29, 0.717) is 0 Å². The maximum absolute atomic E-state index is 10.2. The average molecular weight is 113 g/mol. The van der Waals surface area contributed by atoms with Gasteiger partial charge in [-0.1, -0.05) is 5.57 Å². The van der Waals surface area contributed by atoms with Gasteiger partial charge in [0, 0.05) is 13.1 Å². The zero-order valence-corrected chi connectivity index (χ0v) is 5.49. The summed E-state index contributed by atoms with van der Waals surface area (Å²) in [6, 6.07) is 0. The topological polar surface area (TPSA) is 29.1 Å². The van der Waals surface area contributed by atoms with Gasteiger partial charge in [-0.05, 0) is 13.8 Å². The first-order valence-corrected chi connectivity index (χ1v) is 2.53. The van der Waals surface area contributed by atoms with E-state index in [4.69, 9.17) is 0 Å². The molecule has 0 saturated heterocycles. The number of allylic oxidation sites excluding steroid dienone is 1. The van der Waals surface area contributed by atoms with Crippen molar-refractivity contribution in [2.24, 2.45) is 0 Å². The first-order valence-electron chi connectivity index (χ1n) is 2.53. The van der Waals surface area contributed by atoms with Gasteiger partial charge in [0.25, 0.3) is 0 Å². The summed E-state index contributed by atoms with van der Waals surface area (Å²) in [5.41, 5.74) is 1.10. The molecule has 0 aromatic carbocycles. The normalized spacial score (nSPS) is 7.88. The van der Waals surface area contributed by atoms with E-state index >= 15 is 0 Å². The SMILES string of the molecule is CC(=O)NC=C(C)C. The van der Waals surface area contributed by atoms with Crippen LogP contribution in [0.25, 0.3) is 0 Å². The summed E-state index contributed by atoms with van der Waals surface area (Å²) in [7, 11) is 0. The average Bonchev–Trinajstić information content (AvgIpc) is 1.61. The fraction of sp³-hybridized carbons (Fsp3) is 0.500. The third-order valence-corrected chi connectivity index (χ3v) is 0.564. The van der Waals surface area contributed by atoms with Gasteiger partial charge in [0.1, 0.15) is 0 Å². The second kappa shape index (κ2) is 3.24. The van der Waals surface area contributed by atoms with Crippen molar-refractivity contribution in [3.8, 4) is 0 Å². The van der Waals surface area contributed by atoms with E-state index in [1.54, 1.807) is 6.20 Å². The van der Waals surface area contributed by atoms with Crippen LogP contribution in [0.2, 0.25) is 0 Å². The van der Waals surface area contributed by atoms with Gasteiger partial charge in [-0.15, -0.1) is 0 Å². The lowest BCUT2D eigenvalue weighted by molar-refractivity contribution is -0.118. The zero-order valence-electron chi connectivity index (χ0n) is 5.49. The standard InChI is InChI=1S/C6H11NO/c1-5(2)4-7-6(3)8/h4H,1-3H3,(H,7,8). The van der Waals surface area contributed by atoms with Gasteiger partial charge in [0.2, 0.25) is 5.91 Å². The van der Waals surface area contributed by atoms with Gasteiger partial charge < -0.3 is 5.32 Å². The number of rotatable bonds is 1. The van der Waals surface area contributed by atoms with Crippen molar-refractivity contribution in [3.05, 3.63) is 11.8 Å². The van der Waals surface area contributed by atoms with Crippen molar-refractivity contribution < 1.29 is 4.79 Å². The lowest BCUT2D eigenvalue weighted by atomic mass is 10.4. The summed E-state index contributed by atoms with van der Waals surface area (Å²) in [6.45, 7) is 5.34. The predicted molar refractivity (Wildman–Crippen MR) is 33.2 cm³/mol. The molecule has 0 atom stereocenters. The molecule has 0 fully saturated rings. The molecule has 46 valence electrons. The fourth-order valence-electron chi connectivity index (χ4n) is 0.246. The molecule has 1 N–H and O–H groups in total. The minimum absolute atomic E-state index is 0.0220. The molecule has 0 saturated carbocycles. The highest BCUT2D eigenvalue weighted by Gasteiger charge is 1.81. The highest BCUT2D eigenvalue weighted by Crippen LogP contribution is 1.82. The number of carbonyl (C=O) groups excluding carboxylic acids is 1. The lowest BCUT2D eigenvalue weighted by Crippen LogP contribution is -2.11. The van der Waals surface area contributed by atoms with E-state index in [1.807, 2.05) is 13.8 Å². The lowest BCUT2D eigenvalue weighted by Gasteiger charge is -1.90. The molecule has 0 rings (SSSR count). The van der Waals surface area contributed by atoms with E-state index in [-0.39, 0.29) is 5.91 Å². The van der Waals surface area contributed by atoms with Crippen LogP contribution in [0, 0.1) is 0 Å². The molecule has 0 aliphatic carbocycles. The Morgan fingerprint density at radius 2 is 1.88 bits per heavy atom. The van der Waals surface area contributed by atoms with Crippen LogP contribution in [0.5, 0.6) is 0 Å². The highest BCUT2D eigenvalue weighted by atomic mass is 16.1. The van der Waals surface area contributed by atoms with E-state index in [1.165, 1.54) is 6.92 Å². The summed E-state index contributed by atoms with van der Waals surface area (Å²) in [5, 5.41) is 2.54. The van der Waals surface area contributed by atoms with E-state index < -0.39 is 0 Å². The fourth-order valence-corrected chi connectivity index (χ4v) is 0.246. The quantitative estimate of drug-likeness (QED) is 0.541. The maximum atomic E-state index is 10.2. The third-order valence-electron chi connectivity index (χ3n) is 0.564. The van der Waals surface area contributed by atoms with Crippen LogP contribution in [0.3, 0.4) is 0 Å². The van der Waals surface area contributed by atoms with Crippen molar-refractivity contribution in [1.29, 1.82) is 0 Å². The molecule has 0 aliphatic rings. The molecule has 8 heavy (non-hydrogen) atoms. The first-order chi connectivity index (χ1) is 3.63. The first kappa shape index (κ1) is 7.21. The number of amides is 1. The molecular weight excluding hydrogens is 102 g/mol. The summed E-state index contributed by atoms with van der Waals surface area (Å²) in [5.74, 6) is -0.0220. The number of hydrogen-bond acceptors (Lipinski definition) is 1. The molecule has 0 unspecified atom stereocenters. The third kappa shape index (κ3) is 5.21. The van der Waals surface area contributed by atoms with Gasteiger partial charge in [0.05, 0.1) is 0 Å². The summed E-state index contributed by atoms with van der Waals surface area (Å²) in [4.78, 5) is 10.2. The van der Waals surface area contributed by atoms with Crippen molar-refractivity contribution in [3.63, 3.8) is 0 Å². The molecule has 0 radical (unpaired) electrons. The number of nitrogens with one attached hydrogen (secondary N) is 1. The van der Waals surface area contributed by atoms with E-state index in [0.717, 1.165) is 5.57 Å². The monoisotopic (exact) mass is 113 g/mol.